The number of aliphatic hydroxyl groups is 1. The maximum atomic E-state index is 10.5. The summed E-state index contributed by atoms with van der Waals surface area (Å²) in [5.74, 6) is 0. The summed E-state index contributed by atoms with van der Waals surface area (Å²) in [7, 11) is 0. The molecule has 2 aromatic carbocycles. The maximum absolute atomic E-state index is 10.5. The predicted octanol–water partition coefficient (Wildman–Crippen LogP) is 4.64. The van der Waals surface area contributed by atoms with Crippen molar-refractivity contribution in [2.24, 2.45) is 0 Å². The van der Waals surface area contributed by atoms with Crippen LogP contribution in [-0.4, -0.2) is 5.11 Å². The van der Waals surface area contributed by atoms with Gasteiger partial charge in [0, 0.05) is 10.3 Å². The minimum absolute atomic E-state index is 0.617. The predicted molar refractivity (Wildman–Crippen MR) is 77.3 cm³/mol. The Hall–Kier alpha value is -1.35. The lowest BCUT2D eigenvalue weighted by Gasteiger charge is -2.12. The minimum atomic E-state index is -0.617. The SMILES string of the molecule is OC(c1cc(Cl)cs1)c1cccc2ccccc12. The zero-order chi connectivity index (χ0) is 12.5. The van der Waals surface area contributed by atoms with E-state index in [0.29, 0.717) is 5.02 Å². The van der Waals surface area contributed by atoms with Crippen LogP contribution in [0.2, 0.25) is 5.02 Å². The van der Waals surface area contributed by atoms with Gasteiger partial charge in [0.05, 0.1) is 5.02 Å². The minimum Gasteiger partial charge on any atom is -0.383 e. The summed E-state index contributed by atoms with van der Waals surface area (Å²) < 4.78 is 0. The summed E-state index contributed by atoms with van der Waals surface area (Å²) in [5, 5.41) is 15.2. The van der Waals surface area contributed by atoms with Crippen LogP contribution in [0.5, 0.6) is 0 Å². The highest BCUT2D eigenvalue weighted by molar-refractivity contribution is 7.10. The average molecular weight is 275 g/mol. The van der Waals surface area contributed by atoms with Crippen molar-refractivity contribution < 1.29 is 5.11 Å². The molecule has 0 aliphatic carbocycles. The monoisotopic (exact) mass is 274 g/mol. The number of thiophene rings is 1. The number of rotatable bonds is 2. The van der Waals surface area contributed by atoms with Gasteiger partial charge in [0.1, 0.15) is 6.10 Å². The van der Waals surface area contributed by atoms with Crippen LogP contribution < -0.4 is 0 Å². The van der Waals surface area contributed by atoms with Crippen molar-refractivity contribution >= 4 is 33.7 Å². The summed E-state index contributed by atoms with van der Waals surface area (Å²) in [4.78, 5) is 0.872. The lowest BCUT2D eigenvalue weighted by atomic mass is 10.00. The van der Waals surface area contributed by atoms with E-state index in [1.165, 1.54) is 11.3 Å². The van der Waals surface area contributed by atoms with Crippen molar-refractivity contribution in [3.05, 3.63) is 69.4 Å². The highest BCUT2D eigenvalue weighted by Gasteiger charge is 2.15. The van der Waals surface area contributed by atoms with E-state index < -0.39 is 6.10 Å². The lowest BCUT2D eigenvalue weighted by Crippen LogP contribution is -1.97. The molecule has 0 spiro atoms. The molecule has 3 aromatic rings. The summed E-state index contributed by atoms with van der Waals surface area (Å²) in [5.41, 5.74) is 0.923. The number of halogens is 1. The molecule has 0 bridgehead atoms. The normalized spacial score (nSPS) is 12.8. The largest absolute Gasteiger partial charge is 0.383 e. The van der Waals surface area contributed by atoms with Crippen molar-refractivity contribution in [2.45, 2.75) is 6.10 Å². The molecule has 3 heteroatoms. The first-order valence-electron chi connectivity index (χ1n) is 5.65. The Morgan fingerprint density at radius 2 is 1.83 bits per heavy atom. The first-order chi connectivity index (χ1) is 8.75. The number of benzene rings is 2. The van der Waals surface area contributed by atoms with Crippen LogP contribution >= 0.6 is 22.9 Å². The molecule has 0 amide bonds. The number of hydrogen-bond acceptors (Lipinski definition) is 2. The molecule has 1 N–H and O–H groups in total. The van der Waals surface area contributed by atoms with Crippen molar-refractivity contribution in [1.82, 2.24) is 0 Å². The average Bonchev–Trinajstić information content (AvgIpc) is 2.84. The Bertz CT molecular complexity index is 684. The van der Waals surface area contributed by atoms with Gasteiger partial charge in [0.25, 0.3) is 0 Å². The van der Waals surface area contributed by atoms with Crippen molar-refractivity contribution in [3.8, 4) is 0 Å². The van der Waals surface area contributed by atoms with E-state index in [9.17, 15) is 5.11 Å². The molecular weight excluding hydrogens is 264 g/mol. The first-order valence-corrected chi connectivity index (χ1v) is 6.91. The highest BCUT2D eigenvalue weighted by Crippen LogP contribution is 2.33. The van der Waals surface area contributed by atoms with E-state index >= 15 is 0 Å². The lowest BCUT2D eigenvalue weighted by molar-refractivity contribution is 0.226. The van der Waals surface area contributed by atoms with Crippen molar-refractivity contribution in [1.29, 1.82) is 0 Å². The van der Waals surface area contributed by atoms with E-state index in [0.717, 1.165) is 21.2 Å². The van der Waals surface area contributed by atoms with Gasteiger partial charge in [0.15, 0.2) is 0 Å². The molecule has 0 fully saturated rings. The van der Waals surface area contributed by atoms with E-state index in [1.807, 2.05) is 53.9 Å². The van der Waals surface area contributed by atoms with Crippen molar-refractivity contribution in [2.75, 3.05) is 0 Å². The summed E-state index contributed by atoms with van der Waals surface area (Å²) in [6.45, 7) is 0. The van der Waals surface area contributed by atoms with Crippen LogP contribution in [-0.2, 0) is 0 Å². The topological polar surface area (TPSA) is 20.2 Å². The van der Waals surface area contributed by atoms with Crippen LogP contribution in [0.4, 0.5) is 0 Å². The third kappa shape index (κ3) is 2.03. The van der Waals surface area contributed by atoms with Gasteiger partial charge < -0.3 is 5.11 Å². The molecule has 1 atom stereocenters. The Labute approximate surface area is 114 Å². The molecule has 1 nitrogen and oxygen atoms in total. The summed E-state index contributed by atoms with van der Waals surface area (Å²) >= 11 is 7.39. The maximum Gasteiger partial charge on any atom is 0.114 e. The molecule has 0 aliphatic heterocycles. The second-order valence-corrected chi connectivity index (χ2v) is 5.52. The second-order valence-electron chi connectivity index (χ2n) is 4.14. The summed E-state index contributed by atoms with van der Waals surface area (Å²) in [6, 6.07) is 15.9. The van der Waals surface area contributed by atoms with Crippen LogP contribution in [0.3, 0.4) is 0 Å². The van der Waals surface area contributed by atoms with E-state index in [1.54, 1.807) is 0 Å². The van der Waals surface area contributed by atoms with E-state index in [-0.39, 0.29) is 0 Å². The Morgan fingerprint density at radius 1 is 1.06 bits per heavy atom. The standard InChI is InChI=1S/C15H11ClOS/c16-11-8-14(18-9-11)15(17)13-7-3-5-10-4-1-2-6-12(10)13/h1-9,15,17H. The molecular formula is C15H11ClOS. The smallest absolute Gasteiger partial charge is 0.114 e. The van der Waals surface area contributed by atoms with Gasteiger partial charge >= 0.3 is 0 Å². The Morgan fingerprint density at radius 3 is 2.61 bits per heavy atom. The van der Waals surface area contributed by atoms with Crippen LogP contribution in [0.25, 0.3) is 10.8 Å². The van der Waals surface area contributed by atoms with Gasteiger partial charge in [-0.15, -0.1) is 11.3 Å². The fraction of sp³-hybridized carbons (Fsp3) is 0.0667. The fourth-order valence-electron chi connectivity index (χ4n) is 2.11. The highest BCUT2D eigenvalue weighted by atomic mass is 35.5. The Kier molecular flexibility index (Phi) is 3.08. The third-order valence-electron chi connectivity index (χ3n) is 2.98. The van der Waals surface area contributed by atoms with Gasteiger partial charge in [0.2, 0.25) is 0 Å². The quantitative estimate of drug-likeness (QED) is 0.722. The van der Waals surface area contributed by atoms with Crippen LogP contribution in [0.15, 0.2) is 53.9 Å². The van der Waals surface area contributed by atoms with E-state index in [2.05, 4.69) is 0 Å². The molecule has 1 aromatic heterocycles. The van der Waals surface area contributed by atoms with Gasteiger partial charge in [-0.2, -0.15) is 0 Å². The van der Waals surface area contributed by atoms with Gasteiger partial charge in [-0.05, 0) is 22.4 Å². The molecule has 1 unspecified atom stereocenters. The number of hydrogen-bond donors (Lipinski definition) is 1. The second kappa shape index (κ2) is 4.73. The molecule has 0 saturated heterocycles. The zero-order valence-corrected chi connectivity index (χ0v) is 11.1. The molecule has 1 heterocycles. The third-order valence-corrected chi connectivity index (χ3v) is 4.31. The van der Waals surface area contributed by atoms with Gasteiger partial charge in [-0.3, -0.25) is 0 Å². The fourth-order valence-corrected chi connectivity index (χ4v) is 3.20. The molecule has 18 heavy (non-hydrogen) atoms. The number of aliphatic hydroxyl groups excluding tert-OH is 1. The molecule has 3 rings (SSSR count). The van der Waals surface area contributed by atoms with Gasteiger partial charge in [-0.1, -0.05) is 54.1 Å². The Balaban J connectivity index is 2.14. The van der Waals surface area contributed by atoms with Gasteiger partial charge in [-0.25, -0.2) is 0 Å². The molecule has 0 aliphatic rings. The number of fused-ring (bicyclic) bond motifs is 1. The first kappa shape index (κ1) is 11.7. The van der Waals surface area contributed by atoms with Crippen molar-refractivity contribution in [3.63, 3.8) is 0 Å². The zero-order valence-electron chi connectivity index (χ0n) is 9.51. The van der Waals surface area contributed by atoms with Crippen LogP contribution in [0.1, 0.15) is 16.5 Å². The van der Waals surface area contributed by atoms with E-state index in [4.69, 9.17) is 11.6 Å². The molecule has 0 saturated carbocycles. The molecule has 0 radical (unpaired) electrons. The molecule has 90 valence electrons. The van der Waals surface area contributed by atoms with Crippen LogP contribution in [0, 0.1) is 0 Å². The summed E-state index contributed by atoms with van der Waals surface area (Å²) in [6.07, 6.45) is -0.617.